The molecule has 0 atom stereocenters. The number of para-hydroxylation sites is 1. The second-order valence-electron chi connectivity index (χ2n) is 5.48. The molecule has 3 N–H and O–H groups in total. The van der Waals surface area contributed by atoms with Gasteiger partial charge in [-0.25, -0.2) is 0 Å². The van der Waals surface area contributed by atoms with Crippen molar-refractivity contribution in [2.24, 2.45) is 7.05 Å². The van der Waals surface area contributed by atoms with Crippen LogP contribution in [0.2, 0.25) is 5.02 Å². The van der Waals surface area contributed by atoms with Crippen molar-refractivity contribution < 1.29 is 4.79 Å². The van der Waals surface area contributed by atoms with Gasteiger partial charge in [0.1, 0.15) is 5.56 Å². The number of anilines is 1. The minimum Gasteiger partial charge on any atom is -0.397 e. The number of rotatable bonds is 3. The number of nitrogens with one attached hydrogen (secondary N) is 1. The Balaban J connectivity index is 1.95. The van der Waals surface area contributed by atoms with Crippen LogP contribution >= 0.6 is 11.6 Å². The fourth-order valence-corrected chi connectivity index (χ4v) is 2.74. The molecular formula is C18H16ClN3O2. The standard InChI is InChI=1S/C18H16ClN3O2/c1-22-14-5-3-2-4-13(14)16(20)15(18(22)24)17(23)21-10-11-6-8-12(19)9-7-11/h2-9H,10,20H2,1H3,(H,21,23). The zero-order chi connectivity index (χ0) is 17.3. The van der Waals surface area contributed by atoms with Gasteiger partial charge in [-0.3, -0.25) is 9.59 Å². The number of carbonyl (C=O) groups is 1. The summed E-state index contributed by atoms with van der Waals surface area (Å²) in [7, 11) is 1.63. The van der Waals surface area contributed by atoms with Gasteiger partial charge in [-0.2, -0.15) is 0 Å². The van der Waals surface area contributed by atoms with Crippen LogP contribution in [0, 0.1) is 0 Å². The zero-order valence-electron chi connectivity index (χ0n) is 13.0. The summed E-state index contributed by atoms with van der Waals surface area (Å²) in [6, 6.07) is 14.3. The number of carbonyl (C=O) groups excluding carboxylic acids is 1. The van der Waals surface area contributed by atoms with E-state index in [1.54, 1.807) is 31.3 Å². The van der Waals surface area contributed by atoms with E-state index in [0.29, 0.717) is 15.9 Å². The van der Waals surface area contributed by atoms with Gasteiger partial charge < -0.3 is 15.6 Å². The molecule has 1 amide bonds. The van der Waals surface area contributed by atoms with Gasteiger partial charge in [0.2, 0.25) is 0 Å². The molecule has 2 aromatic carbocycles. The average Bonchev–Trinajstić information content (AvgIpc) is 2.59. The lowest BCUT2D eigenvalue weighted by molar-refractivity contribution is 0.0950. The Morgan fingerprint density at radius 1 is 1.17 bits per heavy atom. The molecule has 0 fully saturated rings. The molecule has 6 heteroatoms. The Hall–Kier alpha value is -2.79. The maximum Gasteiger partial charge on any atom is 0.265 e. The number of halogens is 1. The molecule has 0 radical (unpaired) electrons. The van der Waals surface area contributed by atoms with E-state index in [1.807, 2.05) is 24.3 Å². The number of amides is 1. The Kier molecular flexibility index (Phi) is 4.27. The third-order valence-electron chi connectivity index (χ3n) is 3.94. The lowest BCUT2D eigenvalue weighted by Crippen LogP contribution is -2.33. The number of benzene rings is 2. The van der Waals surface area contributed by atoms with Gasteiger partial charge in [-0.05, 0) is 23.8 Å². The van der Waals surface area contributed by atoms with Crippen LogP contribution in [0.15, 0.2) is 53.3 Å². The quantitative estimate of drug-likeness (QED) is 0.769. The number of hydrogen-bond acceptors (Lipinski definition) is 3. The minimum atomic E-state index is -0.492. The zero-order valence-corrected chi connectivity index (χ0v) is 13.8. The summed E-state index contributed by atoms with van der Waals surface area (Å²) < 4.78 is 1.43. The number of hydrogen-bond donors (Lipinski definition) is 2. The molecule has 0 aliphatic heterocycles. The van der Waals surface area contributed by atoms with Gasteiger partial charge in [-0.15, -0.1) is 0 Å². The van der Waals surface area contributed by atoms with Crippen LogP contribution < -0.4 is 16.6 Å². The summed E-state index contributed by atoms with van der Waals surface area (Å²) in [5.41, 5.74) is 7.40. The molecule has 3 rings (SSSR count). The fourth-order valence-electron chi connectivity index (χ4n) is 2.61. The minimum absolute atomic E-state index is 0.0369. The number of pyridine rings is 1. The Labute approximate surface area is 143 Å². The molecule has 1 heterocycles. The molecule has 122 valence electrons. The van der Waals surface area contributed by atoms with E-state index in [4.69, 9.17) is 17.3 Å². The largest absolute Gasteiger partial charge is 0.397 e. The van der Waals surface area contributed by atoms with E-state index in [0.717, 1.165) is 5.56 Å². The topological polar surface area (TPSA) is 77.1 Å². The molecule has 0 aliphatic carbocycles. The first-order valence-corrected chi connectivity index (χ1v) is 7.76. The van der Waals surface area contributed by atoms with Crippen LogP contribution in [0.1, 0.15) is 15.9 Å². The third-order valence-corrected chi connectivity index (χ3v) is 4.19. The predicted molar refractivity (Wildman–Crippen MR) is 96.2 cm³/mol. The smallest absolute Gasteiger partial charge is 0.265 e. The molecule has 24 heavy (non-hydrogen) atoms. The van der Waals surface area contributed by atoms with Gasteiger partial charge in [0.05, 0.1) is 11.2 Å². The van der Waals surface area contributed by atoms with Crippen molar-refractivity contribution in [1.29, 1.82) is 0 Å². The van der Waals surface area contributed by atoms with Gasteiger partial charge in [0, 0.05) is 24.0 Å². The molecule has 0 unspecified atom stereocenters. The van der Waals surface area contributed by atoms with Crippen LogP contribution in [0.4, 0.5) is 5.69 Å². The van der Waals surface area contributed by atoms with Gasteiger partial charge in [-0.1, -0.05) is 41.9 Å². The molecule has 0 spiro atoms. The summed E-state index contributed by atoms with van der Waals surface area (Å²) in [4.78, 5) is 25.0. The molecule has 3 aromatic rings. The summed E-state index contributed by atoms with van der Waals surface area (Å²) in [5.74, 6) is -0.492. The van der Waals surface area contributed by atoms with Crippen molar-refractivity contribution in [3.63, 3.8) is 0 Å². The Morgan fingerprint density at radius 2 is 1.83 bits per heavy atom. The fraction of sp³-hybridized carbons (Fsp3) is 0.111. The van der Waals surface area contributed by atoms with E-state index in [2.05, 4.69) is 5.32 Å². The summed E-state index contributed by atoms with van der Waals surface area (Å²) >= 11 is 5.84. The SMILES string of the molecule is Cn1c(=O)c(C(=O)NCc2ccc(Cl)cc2)c(N)c2ccccc21. The van der Waals surface area contributed by atoms with Crippen molar-refractivity contribution in [1.82, 2.24) is 9.88 Å². The average molecular weight is 342 g/mol. The first-order chi connectivity index (χ1) is 11.5. The molecule has 0 saturated heterocycles. The van der Waals surface area contributed by atoms with E-state index in [-0.39, 0.29) is 17.8 Å². The highest BCUT2D eigenvalue weighted by atomic mass is 35.5. The number of nitrogens with two attached hydrogens (primary N) is 1. The second-order valence-corrected chi connectivity index (χ2v) is 5.92. The highest BCUT2D eigenvalue weighted by Gasteiger charge is 2.19. The third kappa shape index (κ3) is 2.86. The van der Waals surface area contributed by atoms with Crippen LogP contribution in [0.5, 0.6) is 0 Å². The van der Waals surface area contributed by atoms with Crippen molar-refractivity contribution in [3.05, 3.63) is 75.0 Å². The monoisotopic (exact) mass is 341 g/mol. The maximum absolute atomic E-state index is 12.5. The number of aromatic nitrogens is 1. The molecule has 5 nitrogen and oxygen atoms in total. The van der Waals surface area contributed by atoms with Crippen molar-refractivity contribution in [2.45, 2.75) is 6.54 Å². The van der Waals surface area contributed by atoms with Gasteiger partial charge in [0.25, 0.3) is 11.5 Å². The maximum atomic E-state index is 12.5. The van der Waals surface area contributed by atoms with E-state index in [1.165, 1.54) is 4.57 Å². The normalized spacial score (nSPS) is 10.8. The van der Waals surface area contributed by atoms with Crippen molar-refractivity contribution in [3.8, 4) is 0 Å². The Morgan fingerprint density at radius 3 is 2.54 bits per heavy atom. The van der Waals surface area contributed by atoms with E-state index < -0.39 is 11.5 Å². The van der Waals surface area contributed by atoms with Gasteiger partial charge >= 0.3 is 0 Å². The summed E-state index contributed by atoms with van der Waals surface area (Å²) in [6.07, 6.45) is 0. The first-order valence-electron chi connectivity index (χ1n) is 7.39. The molecular weight excluding hydrogens is 326 g/mol. The lowest BCUT2D eigenvalue weighted by atomic mass is 10.1. The van der Waals surface area contributed by atoms with Crippen LogP contribution in [0.25, 0.3) is 10.9 Å². The van der Waals surface area contributed by atoms with Crippen molar-refractivity contribution >= 4 is 34.1 Å². The van der Waals surface area contributed by atoms with Crippen LogP contribution in [-0.4, -0.2) is 10.5 Å². The number of nitrogen functional groups attached to an aromatic ring is 1. The molecule has 0 bridgehead atoms. The van der Waals surface area contributed by atoms with E-state index >= 15 is 0 Å². The summed E-state index contributed by atoms with van der Waals surface area (Å²) in [6.45, 7) is 0.283. The highest BCUT2D eigenvalue weighted by Crippen LogP contribution is 2.21. The first kappa shape index (κ1) is 16.1. The molecule has 0 aliphatic rings. The lowest BCUT2D eigenvalue weighted by Gasteiger charge is -2.12. The highest BCUT2D eigenvalue weighted by molar-refractivity contribution is 6.30. The number of fused-ring (bicyclic) bond motifs is 1. The second kappa shape index (κ2) is 6.37. The number of aryl methyl sites for hydroxylation is 1. The van der Waals surface area contributed by atoms with Crippen LogP contribution in [0.3, 0.4) is 0 Å². The van der Waals surface area contributed by atoms with Gasteiger partial charge in [0.15, 0.2) is 0 Å². The summed E-state index contributed by atoms with van der Waals surface area (Å²) in [5, 5.41) is 4.03. The molecule has 0 saturated carbocycles. The molecule has 1 aromatic heterocycles. The van der Waals surface area contributed by atoms with Crippen molar-refractivity contribution in [2.75, 3.05) is 5.73 Å². The number of nitrogens with zero attached hydrogens (tertiary/aromatic N) is 1. The van der Waals surface area contributed by atoms with E-state index in [9.17, 15) is 9.59 Å². The predicted octanol–water partition coefficient (Wildman–Crippen LogP) is 2.70. The Bertz CT molecular complexity index is 978. The van der Waals surface area contributed by atoms with Crippen LogP contribution in [-0.2, 0) is 13.6 Å².